The molecule has 3 heteroatoms. The monoisotopic (exact) mass is 303 g/mol. The second-order valence-electron chi connectivity index (χ2n) is 7.77. The third kappa shape index (κ3) is 2.90. The van der Waals surface area contributed by atoms with Crippen LogP contribution in [-0.4, -0.2) is 12.5 Å². The average Bonchev–Trinajstić information content (AvgIpc) is 2.95. The molecule has 2 nitrogen and oxygen atoms in total. The minimum Gasteiger partial charge on any atom is -0.356 e. The second-order valence-corrected chi connectivity index (χ2v) is 8.81. The van der Waals surface area contributed by atoms with Crippen molar-refractivity contribution in [1.29, 1.82) is 0 Å². The van der Waals surface area contributed by atoms with Crippen LogP contribution in [0.4, 0.5) is 0 Å². The first-order valence-corrected chi connectivity index (χ1v) is 9.38. The summed E-state index contributed by atoms with van der Waals surface area (Å²) >= 11 is 1.75. The molecule has 1 heterocycles. The highest BCUT2D eigenvalue weighted by molar-refractivity contribution is 7.09. The van der Waals surface area contributed by atoms with Gasteiger partial charge in [-0.05, 0) is 79.6 Å². The number of aryl methyl sites for hydroxylation is 1. The van der Waals surface area contributed by atoms with Gasteiger partial charge in [0.2, 0.25) is 5.91 Å². The lowest BCUT2D eigenvalue weighted by Crippen LogP contribution is -2.51. The molecule has 4 saturated carbocycles. The largest absolute Gasteiger partial charge is 0.356 e. The number of rotatable bonds is 5. The number of nitrogens with one attached hydrogen (secondary N) is 1. The van der Waals surface area contributed by atoms with Crippen molar-refractivity contribution < 1.29 is 4.79 Å². The van der Waals surface area contributed by atoms with E-state index >= 15 is 0 Å². The van der Waals surface area contributed by atoms with Crippen molar-refractivity contribution in [2.24, 2.45) is 23.2 Å². The van der Waals surface area contributed by atoms with E-state index in [0.29, 0.717) is 11.8 Å². The van der Waals surface area contributed by atoms with Gasteiger partial charge in [0, 0.05) is 17.8 Å². The van der Waals surface area contributed by atoms with Gasteiger partial charge < -0.3 is 5.32 Å². The molecule has 1 aromatic rings. The minimum absolute atomic E-state index is 0.249. The van der Waals surface area contributed by atoms with E-state index in [2.05, 4.69) is 22.8 Å². The molecule has 4 fully saturated rings. The second kappa shape index (κ2) is 5.42. The first-order valence-electron chi connectivity index (χ1n) is 8.50. The fraction of sp³-hybridized carbons (Fsp3) is 0.722. The molecule has 0 unspecified atom stereocenters. The number of amides is 1. The topological polar surface area (TPSA) is 29.1 Å². The molecule has 1 aromatic heterocycles. The molecule has 0 radical (unpaired) electrons. The Morgan fingerprint density at radius 2 is 1.86 bits per heavy atom. The molecule has 1 N–H and O–H groups in total. The lowest BCUT2D eigenvalue weighted by molar-refractivity contribution is -0.123. The normalized spacial score (nSPS) is 36.9. The summed E-state index contributed by atoms with van der Waals surface area (Å²) in [7, 11) is 0. The van der Waals surface area contributed by atoms with E-state index in [4.69, 9.17) is 0 Å². The number of hydrogen-bond donors (Lipinski definition) is 1. The van der Waals surface area contributed by atoms with E-state index in [0.717, 1.165) is 30.7 Å². The van der Waals surface area contributed by atoms with Gasteiger partial charge in [0.15, 0.2) is 0 Å². The quantitative estimate of drug-likeness (QED) is 0.875. The summed E-state index contributed by atoms with van der Waals surface area (Å²) in [5.74, 6) is 3.16. The van der Waals surface area contributed by atoms with Crippen LogP contribution in [0.3, 0.4) is 0 Å². The Labute approximate surface area is 131 Å². The summed E-state index contributed by atoms with van der Waals surface area (Å²) in [6.45, 7) is 0.944. The van der Waals surface area contributed by atoms with Crippen LogP contribution >= 0.6 is 11.3 Å². The summed E-state index contributed by atoms with van der Waals surface area (Å²) in [4.78, 5) is 13.4. The molecule has 1 amide bonds. The first kappa shape index (κ1) is 13.8. The van der Waals surface area contributed by atoms with Gasteiger partial charge in [-0.25, -0.2) is 0 Å². The van der Waals surface area contributed by atoms with E-state index in [-0.39, 0.29) is 5.91 Å². The van der Waals surface area contributed by atoms with Crippen molar-refractivity contribution in [3.8, 4) is 0 Å². The maximum Gasteiger partial charge on any atom is 0.220 e. The number of thiophene rings is 1. The molecule has 0 atom stereocenters. The molecule has 0 saturated heterocycles. The Kier molecular flexibility index (Phi) is 3.56. The van der Waals surface area contributed by atoms with Gasteiger partial charge in [0.1, 0.15) is 0 Å². The van der Waals surface area contributed by atoms with Gasteiger partial charge in [-0.15, -0.1) is 11.3 Å². The average molecular weight is 303 g/mol. The summed E-state index contributed by atoms with van der Waals surface area (Å²) in [6, 6.07) is 4.18. The van der Waals surface area contributed by atoms with Crippen LogP contribution < -0.4 is 5.32 Å². The maximum absolute atomic E-state index is 12.1. The number of hydrogen-bond acceptors (Lipinski definition) is 2. The Bertz CT molecular complexity index is 472. The van der Waals surface area contributed by atoms with E-state index in [9.17, 15) is 4.79 Å². The highest BCUT2D eigenvalue weighted by Crippen LogP contribution is 2.59. The predicted molar refractivity (Wildman–Crippen MR) is 86.3 cm³/mol. The van der Waals surface area contributed by atoms with Crippen LogP contribution in [0.2, 0.25) is 0 Å². The van der Waals surface area contributed by atoms with E-state index < -0.39 is 0 Å². The van der Waals surface area contributed by atoms with E-state index in [1.807, 2.05) is 0 Å². The lowest BCUT2D eigenvalue weighted by Gasteiger charge is -2.56. The Morgan fingerprint density at radius 3 is 2.43 bits per heavy atom. The number of carbonyl (C=O) groups is 1. The van der Waals surface area contributed by atoms with Gasteiger partial charge in [-0.1, -0.05) is 6.07 Å². The SMILES string of the molecule is O=C(CCc1cccs1)NCC12CC3CC(CC(C3)C1)C2. The molecule has 4 aliphatic rings. The van der Waals surface area contributed by atoms with Crippen LogP contribution in [-0.2, 0) is 11.2 Å². The van der Waals surface area contributed by atoms with Crippen molar-refractivity contribution in [2.75, 3.05) is 6.54 Å². The van der Waals surface area contributed by atoms with Crippen LogP contribution in [0.5, 0.6) is 0 Å². The predicted octanol–water partition coefficient (Wildman–Crippen LogP) is 4.01. The first-order chi connectivity index (χ1) is 10.2. The molecule has 21 heavy (non-hydrogen) atoms. The van der Waals surface area contributed by atoms with Crippen molar-refractivity contribution in [2.45, 2.75) is 51.4 Å². The fourth-order valence-electron chi connectivity index (χ4n) is 5.57. The molecule has 5 rings (SSSR count). The van der Waals surface area contributed by atoms with Gasteiger partial charge in [0.05, 0.1) is 0 Å². The van der Waals surface area contributed by atoms with Gasteiger partial charge in [-0.3, -0.25) is 4.79 Å². The van der Waals surface area contributed by atoms with E-state index in [1.54, 1.807) is 11.3 Å². The molecule has 0 aliphatic heterocycles. The van der Waals surface area contributed by atoms with Crippen LogP contribution in [0.25, 0.3) is 0 Å². The zero-order chi connectivity index (χ0) is 14.3. The highest BCUT2D eigenvalue weighted by Gasteiger charge is 2.50. The van der Waals surface area contributed by atoms with Crippen molar-refractivity contribution >= 4 is 17.2 Å². The van der Waals surface area contributed by atoms with Gasteiger partial charge >= 0.3 is 0 Å². The smallest absolute Gasteiger partial charge is 0.220 e. The molecule has 4 bridgehead atoms. The van der Waals surface area contributed by atoms with Crippen LogP contribution in [0, 0.1) is 23.2 Å². The zero-order valence-corrected chi connectivity index (χ0v) is 13.5. The molecular weight excluding hydrogens is 278 g/mol. The standard InChI is InChI=1S/C18H25NOS/c20-17(4-3-16-2-1-5-21-16)19-12-18-9-13-6-14(10-18)8-15(7-13)11-18/h1-2,5,13-15H,3-4,6-12H2,(H,19,20). The molecular formula is C18H25NOS. The van der Waals surface area contributed by atoms with E-state index in [1.165, 1.54) is 43.4 Å². The van der Waals surface area contributed by atoms with Gasteiger partial charge in [0.25, 0.3) is 0 Å². The summed E-state index contributed by atoms with van der Waals surface area (Å²) in [5.41, 5.74) is 0.466. The molecule has 0 spiro atoms. The van der Waals surface area contributed by atoms with Crippen molar-refractivity contribution in [1.82, 2.24) is 5.32 Å². The Balaban J connectivity index is 1.29. The zero-order valence-electron chi connectivity index (χ0n) is 12.6. The molecule has 4 aliphatic carbocycles. The molecule has 0 aromatic carbocycles. The number of carbonyl (C=O) groups excluding carboxylic acids is 1. The van der Waals surface area contributed by atoms with Gasteiger partial charge in [-0.2, -0.15) is 0 Å². The Morgan fingerprint density at radius 1 is 1.19 bits per heavy atom. The third-order valence-corrected chi connectivity index (χ3v) is 6.94. The molecule has 114 valence electrons. The van der Waals surface area contributed by atoms with Crippen LogP contribution in [0.15, 0.2) is 17.5 Å². The van der Waals surface area contributed by atoms with Crippen molar-refractivity contribution in [3.05, 3.63) is 22.4 Å². The van der Waals surface area contributed by atoms with Crippen LogP contribution in [0.1, 0.15) is 49.8 Å². The third-order valence-electron chi connectivity index (χ3n) is 6.00. The Hall–Kier alpha value is -0.830. The summed E-state index contributed by atoms with van der Waals surface area (Å²) in [6.07, 6.45) is 10.1. The maximum atomic E-state index is 12.1. The fourth-order valence-corrected chi connectivity index (χ4v) is 6.28. The minimum atomic E-state index is 0.249. The summed E-state index contributed by atoms with van der Waals surface area (Å²) < 4.78 is 0. The van der Waals surface area contributed by atoms with Crippen molar-refractivity contribution in [3.63, 3.8) is 0 Å². The summed E-state index contributed by atoms with van der Waals surface area (Å²) in [5, 5.41) is 5.35. The highest BCUT2D eigenvalue weighted by atomic mass is 32.1. The lowest BCUT2D eigenvalue weighted by atomic mass is 9.49.